The Hall–Kier alpha value is -0.430. The van der Waals surface area contributed by atoms with Crippen molar-refractivity contribution >= 4 is 33.2 Å². The van der Waals surface area contributed by atoms with Crippen molar-refractivity contribution in [3.8, 4) is 0 Å². The van der Waals surface area contributed by atoms with Crippen LogP contribution in [0.15, 0.2) is 15.9 Å². The van der Waals surface area contributed by atoms with Crippen LogP contribution in [0, 0.1) is 0 Å². The van der Waals surface area contributed by atoms with Gasteiger partial charge in [0, 0.05) is 18.5 Å². The maximum absolute atomic E-state index is 12.0. The summed E-state index contributed by atoms with van der Waals surface area (Å²) in [6.45, 7) is 1.48. The van der Waals surface area contributed by atoms with Crippen molar-refractivity contribution < 1.29 is 4.79 Å². The number of rotatable bonds is 4. The summed E-state index contributed by atoms with van der Waals surface area (Å²) in [5.74, 6) is 0.105. The van der Waals surface area contributed by atoms with E-state index in [0.29, 0.717) is 6.54 Å². The summed E-state index contributed by atoms with van der Waals surface area (Å²) >= 11 is 5.19. The highest BCUT2D eigenvalue weighted by Gasteiger charge is 2.33. The minimum absolute atomic E-state index is 0.0480. The van der Waals surface area contributed by atoms with Crippen LogP contribution in [0.4, 0.5) is 0 Å². The molecule has 1 aliphatic rings. The molecule has 6 heteroatoms. The summed E-state index contributed by atoms with van der Waals surface area (Å²) in [5, 5.41) is 2.77. The average Bonchev–Trinajstić information content (AvgIpc) is 2.86. The molecule has 1 aromatic rings. The van der Waals surface area contributed by atoms with E-state index in [1.54, 1.807) is 18.4 Å². The number of hydrogen-bond donors (Lipinski definition) is 2. The first-order chi connectivity index (χ1) is 9.17. The van der Waals surface area contributed by atoms with Crippen LogP contribution in [0.25, 0.3) is 0 Å². The molecule has 0 aromatic carbocycles. The molecule has 19 heavy (non-hydrogen) atoms. The molecule has 1 amide bonds. The first-order valence-corrected chi connectivity index (χ1v) is 8.21. The lowest BCUT2D eigenvalue weighted by Crippen LogP contribution is -2.51. The zero-order valence-corrected chi connectivity index (χ0v) is 13.5. The molecular weight excluding hydrogens is 326 g/mol. The Morgan fingerprint density at radius 2 is 2.42 bits per heavy atom. The molecule has 0 saturated carbocycles. The third kappa shape index (κ3) is 3.37. The van der Waals surface area contributed by atoms with E-state index >= 15 is 0 Å². The zero-order chi connectivity index (χ0) is 13.8. The van der Waals surface area contributed by atoms with Gasteiger partial charge in [0.15, 0.2) is 0 Å². The van der Waals surface area contributed by atoms with E-state index in [1.807, 2.05) is 6.07 Å². The number of nitrogens with zero attached hydrogens (tertiary/aromatic N) is 1. The summed E-state index contributed by atoms with van der Waals surface area (Å²) in [6.07, 6.45) is 3.17. The van der Waals surface area contributed by atoms with E-state index in [2.05, 4.69) is 32.2 Å². The van der Waals surface area contributed by atoms with Gasteiger partial charge in [0.05, 0.1) is 15.9 Å². The van der Waals surface area contributed by atoms with Gasteiger partial charge >= 0.3 is 0 Å². The van der Waals surface area contributed by atoms with Crippen LogP contribution in [0.3, 0.4) is 0 Å². The van der Waals surface area contributed by atoms with Crippen LogP contribution in [0.5, 0.6) is 0 Å². The maximum atomic E-state index is 12.0. The molecule has 3 N–H and O–H groups in total. The van der Waals surface area contributed by atoms with Crippen LogP contribution < -0.4 is 11.1 Å². The van der Waals surface area contributed by atoms with Crippen molar-refractivity contribution in [1.29, 1.82) is 0 Å². The van der Waals surface area contributed by atoms with Crippen LogP contribution >= 0.6 is 27.3 Å². The molecule has 2 atom stereocenters. The highest BCUT2D eigenvalue weighted by Crippen LogP contribution is 2.33. The second-order valence-electron chi connectivity index (χ2n) is 4.76. The van der Waals surface area contributed by atoms with Crippen LogP contribution in [0.1, 0.15) is 30.2 Å². The SMILES string of the molecule is CNC(=O)C1CCCCN1C(CN)c1ccc(Br)s1. The first-order valence-electron chi connectivity index (χ1n) is 6.60. The zero-order valence-electron chi connectivity index (χ0n) is 11.1. The van der Waals surface area contributed by atoms with Gasteiger partial charge in [-0.25, -0.2) is 0 Å². The average molecular weight is 346 g/mol. The third-order valence-corrected chi connectivity index (χ3v) is 5.36. The van der Waals surface area contributed by atoms with E-state index in [4.69, 9.17) is 5.73 Å². The first kappa shape index (κ1) is 15.0. The van der Waals surface area contributed by atoms with Gasteiger partial charge in [0.1, 0.15) is 0 Å². The minimum atomic E-state index is -0.0480. The molecule has 0 spiro atoms. The van der Waals surface area contributed by atoms with Crippen LogP contribution in [0.2, 0.25) is 0 Å². The van der Waals surface area contributed by atoms with E-state index in [0.717, 1.165) is 29.6 Å². The fourth-order valence-corrected chi connectivity index (χ4v) is 4.26. The van der Waals surface area contributed by atoms with Gasteiger partial charge in [-0.1, -0.05) is 6.42 Å². The highest BCUT2D eigenvalue weighted by atomic mass is 79.9. The molecule has 1 saturated heterocycles. The number of likely N-dealkylation sites (tertiary alicyclic amines) is 1. The third-order valence-electron chi connectivity index (χ3n) is 3.64. The van der Waals surface area contributed by atoms with Gasteiger partial charge in [0.2, 0.25) is 5.91 Å². The van der Waals surface area contributed by atoms with Crippen molar-refractivity contribution in [2.75, 3.05) is 20.1 Å². The number of piperidine rings is 1. The fraction of sp³-hybridized carbons (Fsp3) is 0.615. The number of likely N-dealkylation sites (N-methyl/N-ethyl adjacent to an activating group) is 1. The number of carbonyl (C=O) groups excluding carboxylic acids is 1. The molecule has 106 valence electrons. The Kier molecular flexibility index (Phi) is 5.38. The Bertz CT molecular complexity index is 437. The summed E-state index contributed by atoms with van der Waals surface area (Å²) in [6, 6.07) is 4.23. The smallest absolute Gasteiger partial charge is 0.237 e. The monoisotopic (exact) mass is 345 g/mol. The summed E-state index contributed by atoms with van der Waals surface area (Å²) < 4.78 is 1.11. The molecule has 2 rings (SSSR count). The van der Waals surface area contributed by atoms with E-state index in [9.17, 15) is 4.79 Å². The summed E-state index contributed by atoms with van der Waals surface area (Å²) in [7, 11) is 1.70. The summed E-state index contributed by atoms with van der Waals surface area (Å²) in [4.78, 5) is 15.5. The molecule has 2 unspecified atom stereocenters. The van der Waals surface area contributed by atoms with Crippen molar-refractivity contribution in [3.05, 3.63) is 20.8 Å². The second-order valence-corrected chi connectivity index (χ2v) is 7.25. The van der Waals surface area contributed by atoms with Gasteiger partial charge in [0.25, 0.3) is 0 Å². The number of amides is 1. The Labute approximate surface area is 126 Å². The van der Waals surface area contributed by atoms with E-state index in [1.165, 1.54) is 4.88 Å². The van der Waals surface area contributed by atoms with Crippen molar-refractivity contribution in [1.82, 2.24) is 10.2 Å². The van der Waals surface area contributed by atoms with Crippen molar-refractivity contribution in [3.63, 3.8) is 0 Å². The molecular formula is C13H20BrN3OS. The van der Waals surface area contributed by atoms with E-state index < -0.39 is 0 Å². The van der Waals surface area contributed by atoms with Crippen molar-refractivity contribution in [2.45, 2.75) is 31.3 Å². The van der Waals surface area contributed by atoms with Crippen LogP contribution in [-0.4, -0.2) is 37.0 Å². The van der Waals surface area contributed by atoms with Crippen molar-refractivity contribution in [2.24, 2.45) is 5.73 Å². The molecule has 2 heterocycles. The number of nitrogens with one attached hydrogen (secondary N) is 1. The number of carbonyl (C=O) groups is 1. The lowest BCUT2D eigenvalue weighted by atomic mass is 9.98. The lowest BCUT2D eigenvalue weighted by molar-refractivity contribution is -0.128. The van der Waals surface area contributed by atoms with Gasteiger partial charge in [-0.3, -0.25) is 9.69 Å². The van der Waals surface area contributed by atoms with E-state index in [-0.39, 0.29) is 18.0 Å². The quantitative estimate of drug-likeness (QED) is 0.878. The maximum Gasteiger partial charge on any atom is 0.237 e. The normalized spacial score (nSPS) is 22.2. The number of nitrogens with two attached hydrogens (primary N) is 1. The topological polar surface area (TPSA) is 58.4 Å². The fourth-order valence-electron chi connectivity index (χ4n) is 2.70. The standard InChI is InChI=1S/C13H20BrN3OS/c1-16-13(18)9-4-2-3-7-17(9)10(8-15)11-5-6-12(14)19-11/h5-6,9-10H,2-4,7-8,15H2,1H3,(H,16,18). The number of halogens is 1. The molecule has 1 fully saturated rings. The molecule has 0 aliphatic carbocycles. The lowest BCUT2D eigenvalue weighted by Gasteiger charge is -2.39. The second kappa shape index (κ2) is 6.83. The molecule has 1 aromatic heterocycles. The Morgan fingerprint density at radius 1 is 1.63 bits per heavy atom. The van der Waals surface area contributed by atoms with Gasteiger partial charge < -0.3 is 11.1 Å². The van der Waals surface area contributed by atoms with Crippen LogP contribution in [-0.2, 0) is 4.79 Å². The molecule has 0 bridgehead atoms. The Balaban J connectivity index is 2.21. The number of thiophene rings is 1. The largest absolute Gasteiger partial charge is 0.358 e. The predicted molar refractivity (Wildman–Crippen MR) is 82.2 cm³/mol. The predicted octanol–water partition coefficient (Wildman–Crippen LogP) is 2.11. The highest BCUT2D eigenvalue weighted by molar-refractivity contribution is 9.11. The molecule has 1 aliphatic heterocycles. The van der Waals surface area contributed by atoms with Gasteiger partial charge in [-0.15, -0.1) is 11.3 Å². The van der Waals surface area contributed by atoms with Gasteiger partial charge in [-0.2, -0.15) is 0 Å². The molecule has 4 nitrogen and oxygen atoms in total. The number of hydrogen-bond acceptors (Lipinski definition) is 4. The minimum Gasteiger partial charge on any atom is -0.358 e. The Morgan fingerprint density at radius 3 is 3.00 bits per heavy atom. The molecule has 0 radical (unpaired) electrons. The van der Waals surface area contributed by atoms with Gasteiger partial charge in [-0.05, 0) is 47.4 Å². The summed E-state index contributed by atoms with van der Waals surface area (Å²) in [5.41, 5.74) is 5.97.